The number of sulfonamides is 1. The molecule has 0 amide bonds. The molecule has 118 valence electrons. The fourth-order valence-electron chi connectivity index (χ4n) is 2.38. The minimum atomic E-state index is -3.34. The Labute approximate surface area is 131 Å². The first-order valence-electron chi connectivity index (χ1n) is 7.41. The Hall–Kier alpha value is -0.690. The van der Waals surface area contributed by atoms with Gasteiger partial charge in [0.15, 0.2) is 0 Å². The highest BCUT2D eigenvalue weighted by Crippen LogP contribution is 2.29. The zero-order valence-corrected chi connectivity index (χ0v) is 14.6. The van der Waals surface area contributed by atoms with Crippen molar-refractivity contribution in [3.8, 4) is 0 Å². The lowest BCUT2D eigenvalue weighted by molar-refractivity contribution is 0.429. The number of nitrogens with one attached hydrogen (secondary N) is 1. The van der Waals surface area contributed by atoms with Gasteiger partial charge in [-0.3, -0.25) is 0 Å². The zero-order valence-electron chi connectivity index (χ0n) is 13.0. The zero-order chi connectivity index (χ0) is 15.5. The molecule has 21 heavy (non-hydrogen) atoms. The molecular formula is C15H24N2O2S2. The second-order valence-electron chi connectivity index (χ2n) is 5.53. The van der Waals surface area contributed by atoms with Crippen LogP contribution in [0.2, 0.25) is 0 Å². The smallest absolute Gasteiger partial charge is 0.252 e. The van der Waals surface area contributed by atoms with Gasteiger partial charge in [-0.15, -0.1) is 11.3 Å². The van der Waals surface area contributed by atoms with E-state index in [4.69, 9.17) is 0 Å². The van der Waals surface area contributed by atoms with Crippen molar-refractivity contribution in [1.29, 1.82) is 0 Å². The third kappa shape index (κ3) is 3.94. The molecule has 2 heterocycles. The van der Waals surface area contributed by atoms with Gasteiger partial charge >= 0.3 is 0 Å². The summed E-state index contributed by atoms with van der Waals surface area (Å²) in [6.45, 7) is 8.90. The highest BCUT2D eigenvalue weighted by atomic mass is 32.2. The normalized spacial score (nSPS) is 17.0. The van der Waals surface area contributed by atoms with Gasteiger partial charge in [-0.2, -0.15) is 4.31 Å². The highest BCUT2D eigenvalue weighted by molar-refractivity contribution is 7.91. The molecule has 2 rings (SSSR count). The molecule has 0 radical (unpaired) electrons. The average molecular weight is 329 g/mol. The van der Waals surface area contributed by atoms with Crippen molar-refractivity contribution >= 4 is 21.4 Å². The van der Waals surface area contributed by atoms with Gasteiger partial charge in [0.1, 0.15) is 4.21 Å². The number of hydrogen-bond donors (Lipinski definition) is 1. The van der Waals surface area contributed by atoms with E-state index in [2.05, 4.69) is 18.3 Å². The standard InChI is InChI=1S/C15H24N2O2S2/c1-4-7-16-10-14-13(3)9-15(20-14)21(18,19)17-8-5-6-12(2)11-17/h6,9,16H,4-5,7-8,10-11H2,1-3H3. The van der Waals surface area contributed by atoms with Crippen LogP contribution in [0.25, 0.3) is 0 Å². The number of aryl methyl sites for hydroxylation is 1. The quantitative estimate of drug-likeness (QED) is 0.645. The van der Waals surface area contributed by atoms with E-state index in [1.54, 1.807) is 4.31 Å². The van der Waals surface area contributed by atoms with Crippen molar-refractivity contribution in [1.82, 2.24) is 9.62 Å². The Morgan fingerprint density at radius 2 is 2.14 bits per heavy atom. The van der Waals surface area contributed by atoms with Crippen LogP contribution >= 0.6 is 11.3 Å². The molecule has 0 saturated carbocycles. The SMILES string of the molecule is CCCNCc1sc(S(=O)(=O)N2CCC=C(C)C2)cc1C. The van der Waals surface area contributed by atoms with Gasteiger partial charge in [0.25, 0.3) is 10.0 Å². The fourth-order valence-corrected chi connectivity index (χ4v) is 5.59. The van der Waals surface area contributed by atoms with Crippen molar-refractivity contribution in [2.75, 3.05) is 19.6 Å². The third-order valence-corrected chi connectivity index (χ3v) is 7.13. The van der Waals surface area contributed by atoms with Crippen LogP contribution in [-0.2, 0) is 16.6 Å². The van der Waals surface area contributed by atoms with Crippen LogP contribution in [0.4, 0.5) is 0 Å². The van der Waals surface area contributed by atoms with Gasteiger partial charge in [-0.1, -0.05) is 18.6 Å². The Bertz CT molecular complexity index is 618. The molecule has 0 saturated heterocycles. The third-order valence-electron chi connectivity index (χ3n) is 3.60. The molecule has 1 aliphatic rings. The van der Waals surface area contributed by atoms with Crippen LogP contribution in [0.3, 0.4) is 0 Å². The maximum absolute atomic E-state index is 12.7. The molecule has 0 aromatic carbocycles. The summed E-state index contributed by atoms with van der Waals surface area (Å²) in [6.07, 6.45) is 4.00. The molecule has 0 unspecified atom stereocenters. The van der Waals surface area contributed by atoms with Gasteiger partial charge in [-0.25, -0.2) is 8.42 Å². The van der Waals surface area contributed by atoms with Crippen LogP contribution < -0.4 is 5.32 Å². The van der Waals surface area contributed by atoms with Crippen molar-refractivity contribution in [2.24, 2.45) is 0 Å². The molecule has 0 spiro atoms. The Morgan fingerprint density at radius 3 is 2.81 bits per heavy atom. The minimum absolute atomic E-state index is 0.475. The number of thiophene rings is 1. The summed E-state index contributed by atoms with van der Waals surface area (Å²) in [7, 11) is -3.34. The summed E-state index contributed by atoms with van der Waals surface area (Å²) in [6, 6.07) is 1.82. The fraction of sp³-hybridized carbons (Fsp3) is 0.600. The molecule has 0 fully saturated rings. The summed E-state index contributed by atoms with van der Waals surface area (Å²) in [5, 5.41) is 3.34. The van der Waals surface area contributed by atoms with E-state index in [0.717, 1.165) is 41.9 Å². The summed E-state index contributed by atoms with van der Waals surface area (Å²) in [5.41, 5.74) is 2.19. The van der Waals surface area contributed by atoms with E-state index in [9.17, 15) is 8.42 Å². The molecule has 0 aliphatic carbocycles. The van der Waals surface area contributed by atoms with E-state index in [0.29, 0.717) is 17.3 Å². The Kier molecular flexibility index (Phi) is 5.60. The lowest BCUT2D eigenvalue weighted by atomic mass is 10.2. The van der Waals surface area contributed by atoms with Crippen molar-refractivity contribution in [3.05, 3.63) is 28.2 Å². The van der Waals surface area contributed by atoms with E-state index >= 15 is 0 Å². The van der Waals surface area contributed by atoms with Crippen LogP contribution in [0.5, 0.6) is 0 Å². The molecule has 0 atom stereocenters. The number of nitrogens with zero attached hydrogens (tertiary/aromatic N) is 1. The first-order valence-corrected chi connectivity index (χ1v) is 9.66. The first kappa shape index (κ1) is 16.7. The predicted molar refractivity (Wildman–Crippen MR) is 88.2 cm³/mol. The largest absolute Gasteiger partial charge is 0.312 e. The molecule has 4 nitrogen and oxygen atoms in total. The summed E-state index contributed by atoms with van der Waals surface area (Å²) in [5.74, 6) is 0. The Morgan fingerprint density at radius 1 is 1.38 bits per heavy atom. The number of rotatable bonds is 6. The van der Waals surface area contributed by atoms with Crippen molar-refractivity contribution in [2.45, 2.75) is 44.4 Å². The van der Waals surface area contributed by atoms with Crippen LogP contribution in [0, 0.1) is 6.92 Å². The minimum Gasteiger partial charge on any atom is -0.312 e. The first-order chi connectivity index (χ1) is 9.95. The van der Waals surface area contributed by atoms with Crippen LogP contribution in [-0.4, -0.2) is 32.4 Å². The average Bonchev–Trinajstić information content (AvgIpc) is 2.81. The highest BCUT2D eigenvalue weighted by Gasteiger charge is 2.28. The maximum atomic E-state index is 12.7. The van der Waals surface area contributed by atoms with E-state index in [1.807, 2.05) is 19.9 Å². The molecule has 1 aromatic rings. The van der Waals surface area contributed by atoms with E-state index < -0.39 is 10.0 Å². The lowest BCUT2D eigenvalue weighted by Crippen LogP contribution is -2.34. The monoisotopic (exact) mass is 328 g/mol. The molecule has 6 heteroatoms. The van der Waals surface area contributed by atoms with Gasteiger partial charge in [0, 0.05) is 24.5 Å². The summed E-state index contributed by atoms with van der Waals surface area (Å²) < 4.78 is 27.5. The molecule has 1 aromatic heterocycles. The van der Waals surface area contributed by atoms with Gasteiger partial charge in [-0.05, 0) is 44.9 Å². The Balaban J connectivity index is 2.17. The van der Waals surface area contributed by atoms with E-state index in [-0.39, 0.29) is 0 Å². The van der Waals surface area contributed by atoms with Gasteiger partial charge in [0.05, 0.1) is 0 Å². The number of hydrogen-bond acceptors (Lipinski definition) is 4. The second-order valence-corrected chi connectivity index (χ2v) is 8.83. The topological polar surface area (TPSA) is 49.4 Å². The van der Waals surface area contributed by atoms with Crippen LogP contribution in [0.1, 0.15) is 37.1 Å². The van der Waals surface area contributed by atoms with Crippen LogP contribution in [0.15, 0.2) is 21.9 Å². The molecular weight excluding hydrogens is 304 g/mol. The van der Waals surface area contributed by atoms with Gasteiger partial charge < -0.3 is 5.32 Å². The second kappa shape index (κ2) is 7.05. The van der Waals surface area contributed by atoms with Gasteiger partial charge in [0.2, 0.25) is 0 Å². The predicted octanol–water partition coefficient (Wildman–Crippen LogP) is 2.90. The summed E-state index contributed by atoms with van der Waals surface area (Å²) in [4.78, 5) is 1.12. The maximum Gasteiger partial charge on any atom is 0.252 e. The summed E-state index contributed by atoms with van der Waals surface area (Å²) >= 11 is 1.40. The lowest BCUT2D eigenvalue weighted by Gasteiger charge is -2.24. The van der Waals surface area contributed by atoms with E-state index in [1.165, 1.54) is 11.3 Å². The molecule has 0 bridgehead atoms. The van der Waals surface area contributed by atoms with Crippen molar-refractivity contribution < 1.29 is 8.42 Å². The molecule has 1 N–H and O–H groups in total. The molecule has 1 aliphatic heterocycles. The van der Waals surface area contributed by atoms with Crippen molar-refractivity contribution in [3.63, 3.8) is 0 Å².